The van der Waals surface area contributed by atoms with Crippen molar-refractivity contribution in [3.63, 3.8) is 0 Å². The molecule has 0 aromatic carbocycles. The fourth-order valence-corrected chi connectivity index (χ4v) is 2.20. The Morgan fingerprint density at radius 3 is 1.04 bits per heavy atom. The Morgan fingerprint density at radius 2 is 0.846 bits per heavy atom. The van der Waals surface area contributed by atoms with Crippen LogP contribution in [0.4, 0.5) is 0 Å². The molecule has 0 fully saturated rings. The Hall–Kier alpha value is 0.135. The number of carbonyl (C=O) groups excluding carboxylic acids is 2. The zero-order valence-electron chi connectivity index (χ0n) is 18.7. The van der Waals surface area contributed by atoms with Crippen LogP contribution in [0.25, 0.3) is 0 Å². The molecule has 0 aromatic heterocycles. The Balaban J connectivity index is -0.000000173. The number of unbranched alkanes of at least 4 members (excludes halogenated alkanes) is 4. The summed E-state index contributed by atoms with van der Waals surface area (Å²) in [6, 6.07) is 0. The van der Waals surface area contributed by atoms with Crippen LogP contribution in [0.3, 0.4) is 0 Å². The van der Waals surface area contributed by atoms with Crippen LogP contribution in [-0.4, -0.2) is 11.9 Å². The van der Waals surface area contributed by atoms with Gasteiger partial charge in [-0.3, -0.25) is 0 Å². The molecule has 0 aromatic rings. The third-order valence-electron chi connectivity index (χ3n) is 3.62. The average Bonchev–Trinajstić information content (AvgIpc) is 2.35. The minimum atomic E-state index is -0.925. The van der Waals surface area contributed by atoms with Crippen LogP contribution in [0.5, 0.6) is 0 Å². The normalized spacial score (nSPS) is 10.7. The molecule has 0 radical (unpaired) electrons. The molecule has 26 heavy (non-hydrogen) atoms. The summed E-state index contributed by atoms with van der Waals surface area (Å²) in [6.45, 7) is 13.2. The molecule has 0 bridgehead atoms. The van der Waals surface area contributed by atoms with E-state index in [0.29, 0.717) is 10.8 Å². The summed E-state index contributed by atoms with van der Waals surface area (Å²) in [7, 11) is 0. The fourth-order valence-electron chi connectivity index (χ4n) is 2.20. The van der Waals surface area contributed by atoms with Gasteiger partial charge in [-0.05, 0) is 49.4 Å². The number of hydrogen-bond acceptors (Lipinski definition) is 4. The minimum Gasteiger partial charge on any atom is -0.550 e. The number of carboxylic acid groups (broad SMARTS) is 2. The summed E-state index contributed by atoms with van der Waals surface area (Å²) in [4.78, 5) is 20.1. The molecule has 0 heterocycles. The molecule has 0 N–H and O–H groups in total. The van der Waals surface area contributed by atoms with Gasteiger partial charge in [-0.15, -0.1) is 0 Å². The third-order valence-corrected chi connectivity index (χ3v) is 3.62. The number of hydrogen-bond donors (Lipinski definition) is 0. The molecule has 0 saturated carbocycles. The van der Waals surface area contributed by atoms with E-state index in [-0.39, 0.29) is 50.6 Å². The van der Waals surface area contributed by atoms with Crippen molar-refractivity contribution in [3.8, 4) is 0 Å². The van der Waals surface area contributed by atoms with E-state index in [2.05, 4.69) is 41.5 Å². The Bertz CT molecular complexity index is 311. The fraction of sp³-hybridized carbons (Fsp3) is 0.900. The number of carboxylic acids is 2. The molecule has 6 heteroatoms. The van der Waals surface area contributed by atoms with Crippen molar-refractivity contribution in [3.05, 3.63) is 0 Å². The first-order valence-electron chi connectivity index (χ1n) is 9.23. The van der Waals surface area contributed by atoms with Gasteiger partial charge in [-0.25, -0.2) is 0 Å². The molecule has 0 atom stereocenters. The summed E-state index contributed by atoms with van der Waals surface area (Å²) in [5.74, 6) is -1.85. The van der Waals surface area contributed by atoms with E-state index in [9.17, 15) is 19.8 Å². The van der Waals surface area contributed by atoms with E-state index >= 15 is 0 Å². The first-order valence-corrected chi connectivity index (χ1v) is 9.23. The Kier molecular flexibility index (Phi) is 24.0. The molecule has 0 aliphatic carbocycles. The molecule has 4 nitrogen and oxygen atoms in total. The Labute approximate surface area is 185 Å². The predicted octanol–water partition coefficient (Wildman–Crippen LogP) is -2.53. The van der Waals surface area contributed by atoms with E-state index in [4.69, 9.17) is 0 Å². The summed E-state index contributed by atoms with van der Waals surface area (Å²) >= 11 is 0. The zero-order valence-corrected chi connectivity index (χ0v) is 18.7. The zero-order chi connectivity index (χ0) is 19.2. The molecular weight excluding hydrogens is 318 g/mol. The van der Waals surface area contributed by atoms with Gasteiger partial charge in [0.25, 0.3) is 0 Å². The van der Waals surface area contributed by atoms with Gasteiger partial charge in [0.15, 0.2) is 0 Å². The predicted molar refractivity (Wildman–Crippen MR) is 95.1 cm³/mol. The molecule has 0 amide bonds. The SMILES string of the molecule is CC(C)(C)CCCCCC(=O)[O-].CC(C)(C)CCCCCC(=O)[O-].[Li+].[Li+]. The first-order chi connectivity index (χ1) is 10.8. The second-order valence-corrected chi connectivity index (χ2v) is 8.99. The summed E-state index contributed by atoms with van der Waals surface area (Å²) < 4.78 is 0. The molecular formula is C20H38Li2O4. The van der Waals surface area contributed by atoms with Crippen molar-refractivity contribution in [1.82, 2.24) is 0 Å². The van der Waals surface area contributed by atoms with Gasteiger partial charge in [0.1, 0.15) is 0 Å². The second-order valence-electron chi connectivity index (χ2n) is 8.99. The van der Waals surface area contributed by atoms with Gasteiger partial charge in [-0.2, -0.15) is 0 Å². The van der Waals surface area contributed by atoms with Crippen LogP contribution in [0.15, 0.2) is 0 Å². The van der Waals surface area contributed by atoms with Crippen molar-refractivity contribution in [2.75, 3.05) is 0 Å². The standard InChI is InChI=1S/2C10H20O2.2Li/c2*1-10(2,3)8-6-4-5-7-9(11)12;;/h2*4-8H2,1-3H3,(H,11,12);;/q;;2*+1/p-2. The maximum Gasteiger partial charge on any atom is 1.00 e. The van der Waals surface area contributed by atoms with Crippen molar-refractivity contribution in [2.24, 2.45) is 10.8 Å². The smallest absolute Gasteiger partial charge is 0.550 e. The maximum atomic E-state index is 10.0. The van der Waals surface area contributed by atoms with Crippen molar-refractivity contribution in [2.45, 2.75) is 106 Å². The molecule has 0 aliphatic heterocycles. The van der Waals surface area contributed by atoms with Crippen molar-refractivity contribution < 1.29 is 57.5 Å². The Morgan fingerprint density at radius 1 is 0.577 bits per heavy atom. The second kappa shape index (κ2) is 18.5. The molecule has 0 saturated heterocycles. The van der Waals surface area contributed by atoms with Crippen LogP contribution in [0.1, 0.15) is 106 Å². The van der Waals surface area contributed by atoms with E-state index < -0.39 is 11.9 Å². The topological polar surface area (TPSA) is 80.3 Å². The van der Waals surface area contributed by atoms with Crippen LogP contribution in [0, 0.1) is 10.8 Å². The number of aliphatic carboxylic acids is 2. The summed E-state index contributed by atoms with van der Waals surface area (Å²) in [6.07, 6.45) is 8.54. The summed E-state index contributed by atoms with van der Waals surface area (Å²) in [5, 5.41) is 20.1. The third kappa shape index (κ3) is 39.3. The van der Waals surface area contributed by atoms with Gasteiger partial charge in [-0.1, -0.05) is 67.2 Å². The van der Waals surface area contributed by atoms with E-state index in [0.717, 1.165) is 38.5 Å². The molecule has 0 unspecified atom stereocenters. The van der Waals surface area contributed by atoms with Gasteiger partial charge >= 0.3 is 37.7 Å². The van der Waals surface area contributed by atoms with Crippen LogP contribution in [0.2, 0.25) is 0 Å². The molecule has 0 spiro atoms. The average molecular weight is 356 g/mol. The number of rotatable bonds is 10. The van der Waals surface area contributed by atoms with E-state index in [1.807, 2.05) is 0 Å². The van der Waals surface area contributed by atoms with E-state index in [1.54, 1.807) is 0 Å². The van der Waals surface area contributed by atoms with Crippen LogP contribution < -0.4 is 47.9 Å². The molecule has 0 rings (SSSR count). The monoisotopic (exact) mass is 356 g/mol. The number of carbonyl (C=O) groups is 2. The maximum absolute atomic E-state index is 10.0. The molecule has 144 valence electrons. The van der Waals surface area contributed by atoms with Gasteiger partial charge in [0.05, 0.1) is 0 Å². The van der Waals surface area contributed by atoms with Crippen LogP contribution in [-0.2, 0) is 9.59 Å². The largest absolute Gasteiger partial charge is 1.00 e. The van der Waals surface area contributed by atoms with Crippen molar-refractivity contribution in [1.29, 1.82) is 0 Å². The first kappa shape index (κ1) is 33.7. The van der Waals surface area contributed by atoms with Gasteiger partial charge in [0.2, 0.25) is 0 Å². The summed E-state index contributed by atoms with van der Waals surface area (Å²) in [5.41, 5.74) is 0.753. The minimum absolute atomic E-state index is 0. The van der Waals surface area contributed by atoms with Crippen molar-refractivity contribution >= 4 is 11.9 Å². The van der Waals surface area contributed by atoms with Gasteiger partial charge < -0.3 is 19.8 Å². The quantitative estimate of drug-likeness (QED) is 0.319. The van der Waals surface area contributed by atoms with Crippen LogP contribution >= 0.6 is 0 Å². The van der Waals surface area contributed by atoms with Gasteiger partial charge in [0, 0.05) is 11.9 Å². The molecule has 0 aliphatic rings. The van der Waals surface area contributed by atoms with E-state index in [1.165, 1.54) is 12.8 Å².